The van der Waals surface area contributed by atoms with E-state index < -0.39 is 0 Å². The Morgan fingerprint density at radius 2 is 0.781 bits per heavy atom. The van der Waals surface area contributed by atoms with Gasteiger partial charge >= 0.3 is 0 Å². The van der Waals surface area contributed by atoms with Crippen molar-refractivity contribution in [3.8, 4) is 56.8 Å². The van der Waals surface area contributed by atoms with Gasteiger partial charge in [0.2, 0.25) is 0 Å². The Bertz CT molecular complexity index is 6860. The zero-order valence-electron chi connectivity index (χ0n) is 63.7. The van der Waals surface area contributed by atoms with E-state index in [0.717, 1.165) is 123 Å². The van der Waals surface area contributed by atoms with Gasteiger partial charge in [0.25, 0.3) is 16.7 Å². The zero-order valence-corrected chi connectivity index (χ0v) is 65.3. The van der Waals surface area contributed by atoms with Crippen molar-refractivity contribution in [1.82, 2.24) is 63.2 Å². The predicted molar refractivity (Wildman–Crippen MR) is 455 cm³/mol. The lowest BCUT2D eigenvalue weighted by Gasteiger charge is -2.17. The number of rotatable bonds is 13. The highest BCUT2D eigenvalue weighted by Crippen LogP contribution is 2.36. The van der Waals surface area contributed by atoms with Gasteiger partial charge in [-0.25, -0.2) is 39.3 Å². The molecule has 566 valence electrons. The van der Waals surface area contributed by atoms with Gasteiger partial charge in [-0.1, -0.05) is 162 Å². The fraction of sp³-hybridized carbons (Fsp3) is 0.133. The van der Waals surface area contributed by atoms with E-state index in [4.69, 9.17) is 36.9 Å². The van der Waals surface area contributed by atoms with Crippen LogP contribution in [-0.2, 0) is 25.0 Å². The quantitative estimate of drug-likeness (QED) is 0.0780. The minimum atomic E-state index is -0.0845. The molecule has 1 aliphatic heterocycles. The number of phenols is 1. The third-order valence-corrected chi connectivity index (χ3v) is 20.9. The van der Waals surface area contributed by atoms with Crippen molar-refractivity contribution in [2.24, 2.45) is 4.99 Å². The molecule has 9 heterocycles. The summed E-state index contributed by atoms with van der Waals surface area (Å²) in [6.45, 7) is 13.0. The Hall–Kier alpha value is -14.3. The van der Waals surface area contributed by atoms with Crippen LogP contribution in [0.25, 0.3) is 94.0 Å². The molecule has 0 saturated carbocycles. The summed E-state index contributed by atoms with van der Waals surface area (Å²) in [6, 6.07) is 69.8. The van der Waals surface area contributed by atoms with Crippen LogP contribution in [0.3, 0.4) is 0 Å². The van der Waals surface area contributed by atoms with Crippen LogP contribution in [0, 0.1) is 41.5 Å². The average molecular weight is 1570 g/mol. The molecule has 0 atom stereocenters. The molecule has 0 amide bonds. The second kappa shape index (κ2) is 32.0. The molecule has 0 saturated heterocycles. The summed E-state index contributed by atoms with van der Waals surface area (Å²) in [5, 5.41) is 26.7. The van der Waals surface area contributed by atoms with Crippen molar-refractivity contribution in [2.75, 3.05) is 31.4 Å². The molecule has 114 heavy (non-hydrogen) atoms. The maximum Gasteiger partial charge on any atom is 0.263 e. The average Bonchev–Trinajstić information content (AvgIpc) is 1.50. The number of fused-ring (bicyclic) bond motifs is 6. The number of para-hydroxylation sites is 3. The maximum atomic E-state index is 14.0. The van der Waals surface area contributed by atoms with Gasteiger partial charge in [-0.3, -0.25) is 33.1 Å². The van der Waals surface area contributed by atoms with Crippen LogP contribution < -0.4 is 43.4 Å². The number of aromatic hydroxyl groups is 1. The number of nitrogen functional groups attached to an aromatic ring is 3. The number of ether oxygens (including phenoxy) is 2. The Morgan fingerprint density at radius 1 is 0.404 bits per heavy atom. The standard InChI is InChI=1S/C30H26N6O2.C29H24N6O2.C18H16BrNO.C13H12N4O/c1-18-8-4-5-13-24(18)36-22(14-20-10-6-9-19(2)25(20)30(36)37)16-35-29-26(28(31)32-17-33-29)27(34-35)21-11-7-12-23(15-21)38-3;1-17-7-3-4-12-23(17)35-21(13-19-9-5-8-18(2)24(19)29(35)37)15-34-28-25(27(30)31-16-32-28)26(33-34)20-10-6-11-22(36)14-20;1-12-6-3-4-9-16(12)20-15(11-19)10-14-8-5-7-13(2)17(14)18(20)21;1-18-9-4-2-3-8(5-9)12-11-10(6-15-12)16-7-17-13(11)14/h4-15,17H,16H2,1-3H3,(H2,31,32,33);3-14,16,36H,15H2,1-2H3,(H2,30,31,32);3-10H,11H2,1-2H3;2-5,7H,6H2,1H3,(H2,14,16,17). The molecule has 0 radical (unpaired) electrons. The first kappa shape index (κ1) is 75.2. The first-order chi connectivity index (χ1) is 55.3. The van der Waals surface area contributed by atoms with Gasteiger partial charge in [-0.2, -0.15) is 10.2 Å². The second-order valence-electron chi connectivity index (χ2n) is 27.6. The number of hydrogen-bond acceptors (Lipinski definition) is 18. The first-order valence-corrected chi connectivity index (χ1v) is 37.8. The SMILES string of the molecule is COc1cccc(-c2nn(Cc3cc4cccc(C)c4c(=O)n3-c3ccccc3C)c3ncnc(N)c23)c1.COc1cccc(C2=NCc3ncnc(N)c32)c1.Cc1ccccc1-n1c(CBr)cc2cccc(C)c2c1=O.Cc1ccccc1-n1c(Cn2nc(-c3cccc(O)c3)c3c(N)ncnc32)cc2cccc(C)c2c1=O. The third kappa shape index (κ3) is 14.4. The molecule has 0 spiro atoms. The molecule has 0 bridgehead atoms. The smallest absolute Gasteiger partial charge is 0.263 e. The van der Waals surface area contributed by atoms with Crippen molar-refractivity contribution in [2.45, 2.75) is 66.5 Å². The van der Waals surface area contributed by atoms with Crippen LogP contribution in [0.1, 0.15) is 67.3 Å². The Kier molecular flexibility index (Phi) is 21.1. The van der Waals surface area contributed by atoms with Crippen molar-refractivity contribution in [1.29, 1.82) is 0 Å². The fourth-order valence-corrected chi connectivity index (χ4v) is 15.2. The molecular weight excluding hydrogens is 1500 g/mol. The van der Waals surface area contributed by atoms with E-state index in [-0.39, 0.29) is 29.0 Å². The summed E-state index contributed by atoms with van der Waals surface area (Å²) in [7, 11) is 3.26. The van der Waals surface area contributed by atoms with E-state index in [2.05, 4.69) is 63.0 Å². The summed E-state index contributed by atoms with van der Waals surface area (Å²) in [4.78, 5) is 71.1. The first-order valence-electron chi connectivity index (χ1n) is 36.6. The van der Waals surface area contributed by atoms with Crippen LogP contribution >= 0.6 is 15.9 Å². The monoisotopic (exact) mass is 1570 g/mol. The lowest BCUT2D eigenvalue weighted by Crippen LogP contribution is -2.25. The van der Waals surface area contributed by atoms with Gasteiger partial charge in [0.05, 0.1) is 94.8 Å². The molecule has 17 aromatic rings. The molecule has 7 N–H and O–H groups in total. The van der Waals surface area contributed by atoms with Gasteiger partial charge in [0, 0.05) is 39.1 Å². The highest BCUT2D eigenvalue weighted by molar-refractivity contribution is 9.08. The number of methoxy groups -OCH3 is 2. The largest absolute Gasteiger partial charge is 0.508 e. The number of aliphatic imine (C=N–C) groups is 1. The number of hydrogen-bond donors (Lipinski definition) is 4. The molecule has 18 rings (SSSR count). The third-order valence-electron chi connectivity index (χ3n) is 20.3. The van der Waals surface area contributed by atoms with E-state index in [1.54, 1.807) is 50.9 Å². The van der Waals surface area contributed by atoms with Gasteiger partial charge in [-0.05, 0) is 164 Å². The van der Waals surface area contributed by atoms with Crippen molar-refractivity contribution in [3.63, 3.8) is 0 Å². The van der Waals surface area contributed by atoms with Crippen molar-refractivity contribution < 1.29 is 14.6 Å². The topological polar surface area (TPSA) is 308 Å². The fourth-order valence-electron chi connectivity index (χ4n) is 14.8. The lowest BCUT2D eigenvalue weighted by molar-refractivity contribution is 0.414. The van der Waals surface area contributed by atoms with Crippen LogP contribution in [0.2, 0.25) is 0 Å². The van der Waals surface area contributed by atoms with Crippen LogP contribution in [0.5, 0.6) is 17.2 Å². The van der Waals surface area contributed by atoms with Gasteiger partial charge in [0.1, 0.15) is 65.1 Å². The van der Waals surface area contributed by atoms with Crippen LogP contribution in [-0.4, -0.2) is 88.2 Å². The van der Waals surface area contributed by atoms with E-state index >= 15 is 0 Å². The number of pyridine rings is 3. The van der Waals surface area contributed by atoms with Crippen LogP contribution in [0.4, 0.5) is 17.5 Å². The molecule has 24 heteroatoms. The molecule has 0 unspecified atom stereocenters. The van der Waals surface area contributed by atoms with E-state index in [1.807, 2.05) is 234 Å². The molecule has 9 aromatic carbocycles. The summed E-state index contributed by atoms with van der Waals surface area (Å²) in [6.07, 6.45) is 4.31. The molecular formula is C90H78BrN17O6. The number of halogens is 1. The Balaban J connectivity index is 0.000000125. The lowest BCUT2D eigenvalue weighted by atomic mass is 10.0. The van der Waals surface area contributed by atoms with Crippen molar-refractivity contribution >= 4 is 93.5 Å². The molecule has 8 aromatic heterocycles. The number of phenolic OH excluding ortho intramolecular Hbond substituents is 1. The predicted octanol–water partition coefficient (Wildman–Crippen LogP) is 15.7. The van der Waals surface area contributed by atoms with Gasteiger partial charge < -0.3 is 31.8 Å². The summed E-state index contributed by atoms with van der Waals surface area (Å²) in [5.41, 5.74) is 36.8. The van der Waals surface area contributed by atoms with Crippen molar-refractivity contribution in [3.05, 3.63) is 336 Å². The normalized spacial score (nSPS) is 11.6. The van der Waals surface area contributed by atoms with Crippen LogP contribution in [0.15, 0.2) is 257 Å². The number of aromatic nitrogens is 13. The number of aryl methyl sites for hydroxylation is 6. The Morgan fingerprint density at radius 3 is 1.22 bits per heavy atom. The van der Waals surface area contributed by atoms with E-state index in [1.165, 1.54) is 19.0 Å². The zero-order chi connectivity index (χ0) is 79.6. The summed E-state index contributed by atoms with van der Waals surface area (Å²) in [5.74, 6) is 2.72. The molecule has 0 aliphatic carbocycles. The number of nitrogens with zero attached hydrogens (tertiary/aromatic N) is 14. The summed E-state index contributed by atoms with van der Waals surface area (Å²) < 4.78 is 19.5. The second-order valence-corrected chi connectivity index (χ2v) is 28.2. The number of alkyl halides is 1. The van der Waals surface area contributed by atoms with E-state index in [0.29, 0.717) is 91.4 Å². The summed E-state index contributed by atoms with van der Waals surface area (Å²) >= 11 is 3.51. The molecule has 23 nitrogen and oxygen atoms in total. The van der Waals surface area contributed by atoms with E-state index in [9.17, 15) is 19.5 Å². The molecule has 0 fully saturated rings. The van der Waals surface area contributed by atoms with Gasteiger partial charge in [0.15, 0.2) is 11.3 Å². The highest BCUT2D eigenvalue weighted by atomic mass is 79.9. The molecule has 1 aliphatic rings. The minimum Gasteiger partial charge on any atom is -0.508 e. The highest BCUT2D eigenvalue weighted by Gasteiger charge is 2.26. The maximum absolute atomic E-state index is 14.0. The number of anilines is 3. The van der Waals surface area contributed by atoms with Gasteiger partial charge in [-0.15, -0.1) is 0 Å². The minimum absolute atomic E-state index is 0.0503. The Labute approximate surface area is 662 Å². The number of benzene rings is 9. The number of nitrogens with two attached hydrogens (primary N) is 3.